The molecule has 1 heterocycles. The Bertz CT molecular complexity index is 340. The Balaban J connectivity index is 1.95. The summed E-state index contributed by atoms with van der Waals surface area (Å²) < 4.78 is 5.94. The molecule has 1 saturated carbocycles. The van der Waals surface area contributed by atoms with Crippen LogP contribution in [0.15, 0.2) is 18.3 Å². The maximum Gasteiger partial charge on any atom is 0.213 e. The predicted molar refractivity (Wildman–Crippen MR) is 68.7 cm³/mol. The largest absolute Gasteiger partial charge is 0.474 e. The van der Waals surface area contributed by atoms with Gasteiger partial charge in [0, 0.05) is 18.8 Å². The molecule has 3 heteroatoms. The van der Waals surface area contributed by atoms with Crippen molar-refractivity contribution in [1.82, 2.24) is 4.98 Å². The summed E-state index contributed by atoms with van der Waals surface area (Å²) in [5.74, 6) is 2.24. The van der Waals surface area contributed by atoms with E-state index in [2.05, 4.69) is 18.8 Å². The van der Waals surface area contributed by atoms with Gasteiger partial charge in [-0.25, -0.2) is 4.98 Å². The average Bonchev–Trinajstić information content (AvgIpc) is 2.28. The molecule has 2 N–H and O–H groups in total. The van der Waals surface area contributed by atoms with E-state index in [9.17, 15) is 0 Å². The molecule has 0 radical (unpaired) electrons. The normalized spacial score (nSPS) is 29.0. The summed E-state index contributed by atoms with van der Waals surface area (Å²) in [4.78, 5) is 4.29. The summed E-state index contributed by atoms with van der Waals surface area (Å²) in [5, 5.41) is 0. The highest BCUT2D eigenvalue weighted by Crippen LogP contribution is 2.30. The van der Waals surface area contributed by atoms with Gasteiger partial charge in [-0.2, -0.15) is 0 Å². The van der Waals surface area contributed by atoms with E-state index < -0.39 is 0 Å². The molecule has 1 aromatic heterocycles. The average molecular weight is 234 g/mol. The van der Waals surface area contributed by atoms with E-state index in [-0.39, 0.29) is 0 Å². The van der Waals surface area contributed by atoms with Crippen LogP contribution >= 0.6 is 0 Å². The molecule has 2 atom stereocenters. The van der Waals surface area contributed by atoms with Crippen molar-refractivity contribution in [3.63, 3.8) is 0 Å². The molecule has 0 aromatic carbocycles. The molecular formula is C14H22N2O. The molecule has 17 heavy (non-hydrogen) atoms. The fourth-order valence-corrected chi connectivity index (χ4v) is 2.74. The number of rotatable bonds is 3. The first-order valence-electron chi connectivity index (χ1n) is 6.49. The number of nitrogens with two attached hydrogens (primary N) is 1. The standard InChI is InChI=1S/C14H22N2O/c1-10-5-11(2)7-13(6-10)17-14-4-3-12(8-15)9-16-14/h3-4,9-11,13H,5-8,15H2,1-2H3. The quantitative estimate of drug-likeness (QED) is 0.874. The van der Waals surface area contributed by atoms with E-state index in [4.69, 9.17) is 10.5 Å². The Morgan fingerprint density at radius 2 is 1.94 bits per heavy atom. The second-order valence-electron chi connectivity index (χ2n) is 5.37. The maximum absolute atomic E-state index is 5.94. The van der Waals surface area contributed by atoms with E-state index >= 15 is 0 Å². The summed E-state index contributed by atoms with van der Waals surface area (Å²) in [6, 6.07) is 3.91. The topological polar surface area (TPSA) is 48.1 Å². The van der Waals surface area contributed by atoms with Crippen molar-refractivity contribution >= 4 is 0 Å². The first kappa shape index (κ1) is 12.4. The van der Waals surface area contributed by atoms with Crippen molar-refractivity contribution in [3.05, 3.63) is 23.9 Å². The van der Waals surface area contributed by atoms with E-state index in [1.54, 1.807) is 6.20 Å². The van der Waals surface area contributed by atoms with Crippen molar-refractivity contribution in [2.75, 3.05) is 0 Å². The molecule has 1 aromatic rings. The molecule has 0 spiro atoms. The second-order valence-corrected chi connectivity index (χ2v) is 5.37. The highest BCUT2D eigenvalue weighted by Gasteiger charge is 2.25. The van der Waals surface area contributed by atoms with Crippen LogP contribution < -0.4 is 10.5 Å². The Labute approximate surface area is 103 Å². The lowest BCUT2D eigenvalue weighted by Crippen LogP contribution is -2.28. The molecule has 2 rings (SSSR count). The number of ether oxygens (including phenoxy) is 1. The van der Waals surface area contributed by atoms with Gasteiger partial charge in [-0.3, -0.25) is 0 Å². The summed E-state index contributed by atoms with van der Waals surface area (Å²) in [6.45, 7) is 5.14. The minimum absolute atomic E-state index is 0.324. The summed E-state index contributed by atoms with van der Waals surface area (Å²) in [6.07, 6.45) is 5.73. The lowest BCUT2D eigenvalue weighted by molar-refractivity contribution is 0.0967. The fourth-order valence-electron chi connectivity index (χ4n) is 2.74. The van der Waals surface area contributed by atoms with Gasteiger partial charge < -0.3 is 10.5 Å². The van der Waals surface area contributed by atoms with Gasteiger partial charge in [-0.05, 0) is 36.7 Å². The van der Waals surface area contributed by atoms with Gasteiger partial charge in [0.1, 0.15) is 6.10 Å². The maximum atomic E-state index is 5.94. The van der Waals surface area contributed by atoms with Crippen LogP contribution in [0.4, 0.5) is 0 Å². The Hall–Kier alpha value is -1.09. The van der Waals surface area contributed by atoms with Crippen LogP contribution in [0, 0.1) is 11.8 Å². The number of hydrogen-bond acceptors (Lipinski definition) is 3. The molecule has 0 amide bonds. The molecule has 1 fully saturated rings. The summed E-state index contributed by atoms with van der Waals surface area (Å²) >= 11 is 0. The summed E-state index contributed by atoms with van der Waals surface area (Å²) in [7, 11) is 0. The molecule has 0 bridgehead atoms. The van der Waals surface area contributed by atoms with Crippen LogP contribution in [-0.2, 0) is 6.54 Å². The van der Waals surface area contributed by atoms with Crippen molar-refractivity contribution in [2.45, 2.75) is 45.8 Å². The molecule has 2 unspecified atom stereocenters. The van der Waals surface area contributed by atoms with E-state index in [0.29, 0.717) is 12.6 Å². The molecular weight excluding hydrogens is 212 g/mol. The van der Waals surface area contributed by atoms with Gasteiger partial charge in [-0.15, -0.1) is 0 Å². The Morgan fingerprint density at radius 3 is 2.47 bits per heavy atom. The van der Waals surface area contributed by atoms with Gasteiger partial charge in [0.15, 0.2) is 0 Å². The molecule has 1 aliphatic rings. The van der Waals surface area contributed by atoms with Crippen LogP contribution in [-0.4, -0.2) is 11.1 Å². The molecule has 0 saturated heterocycles. The molecule has 1 aliphatic carbocycles. The predicted octanol–water partition coefficient (Wildman–Crippen LogP) is 2.74. The van der Waals surface area contributed by atoms with E-state index in [0.717, 1.165) is 36.1 Å². The van der Waals surface area contributed by atoms with Crippen LogP contribution in [0.5, 0.6) is 5.88 Å². The Morgan fingerprint density at radius 1 is 1.24 bits per heavy atom. The zero-order valence-electron chi connectivity index (χ0n) is 10.7. The smallest absolute Gasteiger partial charge is 0.213 e. The number of hydrogen-bond donors (Lipinski definition) is 1. The molecule has 0 aliphatic heterocycles. The minimum Gasteiger partial charge on any atom is -0.474 e. The highest BCUT2D eigenvalue weighted by atomic mass is 16.5. The van der Waals surface area contributed by atoms with Crippen LogP contribution in [0.2, 0.25) is 0 Å². The summed E-state index contributed by atoms with van der Waals surface area (Å²) in [5.41, 5.74) is 6.58. The van der Waals surface area contributed by atoms with Crippen LogP contribution in [0.25, 0.3) is 0 Å². The van der Waals surface area contributed by atoms with Crippen LogP contribution in [0.1, 0.15) is 38.7 Å². The van der Waals surface area contributed by atoms with Crippen molar-refractivity contribution < 1.29 is 4.74 Å². The number of pyridine rings is 1. The lowest BCUT2D eigenvalue weighted by atomic mass is 9.82. The lowest BCUT2D eigenvalue weighted by Gasteiger charge is -2.31. The SMILES string of the molecule is CC1CC(C)CC(Oc2ccc(CN)cn2)C1. The first-order chi connectivity index (χ1) is 8.17. The third-order valence-electron chi connectivity index (χ3n) is 3.46. The van der Waals surface area contributed by atoms with Gasteiger partial charge in [0.05, 0.1) is 0 Å². The van der Waals surface area contributed by atoms with Crippen molar-refractivity contribution in [2.24, 2.45) is 17.6 Å². The van der Waals surface area contributed by atoms with E-state index in [1.165, 1.54) is 6.42 Å². The minimum atomic E-state index is 0.324. The monoisotopic (exact) mass is 234 g/mol. The fraction of sp³-hybridized carbons (Fsp3) is 0.643. The third kappa shape index (κ3) is 3.43. The zero-order chi connectivity index (χ0) is 12.3. The zero-order valence-corrected chi connectivity index (χ0v) is 10.7. The second kappa shape index (κ2) is 5.50. The van der Waals surface area contributed by atoms with Crippen LogP contribution in [0.3, 0.4) is 0 Å². The van der Waals surface area contributed by atoms with Crippen molar-refractivity contribution in [1.29, 1.82) is 0 Å². The number of nitrogens with zero attached hydrogens (tertiary/aromatic N) is 1. The number of aromatic nitrogens is 1. The van der Waals surface area contributed by atoms with Gasteiger partial charge in [0.2, 0.25) is 5.88 Å². The van der Waals surface area contributed by atoms with Gasteiger partial charge >= 0.3 is 0 Å². The van der Waals surface area contributed by atoms with Crippen molar-refractivity contribution in [3.8, 4) is 5.88 Å². The highest BCUT2D eigenvalue weighted by molar-refractivity contribution is 5.17. The first-order valence-corrected chi connectivity index (χ1v) is 6.49. The molecule has 94 valence electrons. The van der Waals surface area contributed by atoms with Gasteiger partial charge in [0.25, 0.3) is 0 Å². The van der Waals surface area contributed by atoms with Gasteiger partial charge in [-0.1, -0.05) is 19.9 Å². The molecule has 3 nitrogen and oxygen atoms in total. The van der Waals surface area contributed by atoms with E-state index in [1.807, 2.05) is 12.1 Å². The third-order valence-corrected chi connectivity index (χ3v) is 3.46. The Kier molecular flexibility index (Phi) is 4.00.